The zero-order chi connectivity index (χ0) is 54.1. The molecule has 78 heavy (non-hydrogen) atoms. The van der Waals surface area contributed by atoms with Crippen LogP contribution in [0.3, 0.4) is 0 Å². The highest BCUT2D eigenvalue weighted by molar-refractivity contribution is 6.07. The monoisotopic (exact) mass is 1030 g/mol. The first kappa shape index (κ1) is 52.4. The van der Waals surface area contributed by atoms with E-state index in [0.717, 1.165) is 60.8 Å². The summed E-state index contributed by atoms with van der Waals surface area (Å²) in [4.78, 5) is 22.8. The van der Waals surface area contributed by atoms with Crippen molar-refractivity contribution in [2.24, 2.45) is 0 Å². The summed E-state index contributed by atoms with van der Waals surface area (Å²) in [6.07, 6.45) is 4.83. The van der Waals surface area contributed by atoms with Gasteiger partial charge in [-0.05, 0) is 163 Å². The minimum absolute atomic E-state index is 0.00307. The number of carbonyl (C=O) groups is 2. The van der Waals surface area contributed by atoms with Crippen molar-refractivity contribution in [2.45, 2.75) is 65.6 Å². The molecule has 0 aromatic heterocycles. The molecule has 0 N–H and O–H groups in total. The van der Waals surface area contributed by atoms with E-state index in [1.807, 2.05) is 48.5 Å². The summed E-state index contributed by atoms with van der Waals surface area (Å²) in [6, 6.07) is 74.4. The van der Waals surface area contributed by atoms with Crippen LogP contribution < -0.4 is 0 Å². The Morgan fingerprint density at radius 1 is 0.346 bits per heavy atom. The summed E-state index contributed by atoms with van der Waals surface area (Å²) in [6.45, 7) is 10.3. The van der Waals surface area contributed by atoms with Gasteiger partial charge in [0.15, 0.2) is 0 Å². The fraction of sp³-hybridized carbons (Fsp3) is 0.139. The van der Waals surface area contributed by atoms with Crippen LogP contribution in [0, 0.1) is 13.8 Å². The van der Waals surface area contributed by atoms with Crippen LogP contribution in [-0.2, 0) is 70.8 Å². The van der Waals surface area contributed by atoms with Gasteiger partial charge in [-0.15, -0.1) is 0 Å². The lowest BCUT2D eigenvalue weighted by Crippen LogP contribution is -2.04. The first-order valence-corrected chi connectivity index (χ1v) is 26.4. The molecule has 0 aliphatic carbocycles. The summed E-state index contributed by atoms with van der Waals surface area (Å²) in [5, 5.41) is 5.00. The maximum atomic E-state index is 13.0. The van der Waals surface area contributed by atoms with Crippen molar-refractivity contribution in [3.8, 4) is 11.1 Å². The molecule has 10 aromatic carbocycles. The maximum absolute atomic E-state index is 13.0. The minimum atomic E-state index is -1.10. The molecule has 0 saturated heterocycles. The third-order valence-corrected chi connectivity index (χ3v) is 14.5. The first-order valence-electron chi connectivity index (χ1n) is 26.4. The van der Waals surface area contributed by atoms with E-state index < -0.39 is 23.6 Å². The molecule has 0 heterocycles. The Balaban J connectivity index is 0.820. The lowest BCUT2D eigenvalue weighted by Gasteiger charge is -2.18. The molecular formula is C72H60F2O4. The van der Waals surface area contributed by atoms with Gasteiger partial charge in [0.2, 0.25) is 11.7 Å². The van der Waals surface area contributed by atoms with Crippen molar-refractivity contribution in [3.63, 3.8) is 0 Å². The third-order valence-electron chi connectivity index (χ3n) is 14.5. The lowest BCUT2D eigenvalue weighted by atomic mass is 9.85. The van der Waals surface area contributed by atoms with E-state index in [4.69, 9.17) is 9.47 Å². The summed E-state index contributed by atoms with van der Waals surface area (Å²) < 4.78 is 35.8. The van der Waals surface area contributed by atoms with Crippen LogP contribution >= 0.6 is 0 Å². The molecule has 10 rings (SSSR count). The van der Waals surface area contributed by atoms with Crippen LogP contribution in [0.25, 0.3) is 32.7 Å². The predicted octanol–water partition coefficient (Wildman–Crippen LogP) is 16.9. The van der Waals surface area contributed by atoms with Gasteiger partial charge < -0.3 is 9.47 Å². The second-order valence-electron chi connectivity index (χ2n) is 20.6. The average molecular weight is 1030 g/mol. The SMILES string of the molecule is C=C(F)C(=O)OCc1ccc(Cc2ccc(Cc3ccc(Cc4cc(-c5c(Cc6ccc(Cc7ccc(Cc8ccc(COC(=O)C(=C)F)cc8)cc7)cc6)ccc6cc(C)ccc56)c5ccc(C)cc5c4)cc3)cc2)cc1. The van der Waals surface area contributed by atoms with Crippen LogP contribution in [-0.4, -0.2) is 11.9 Å². The van der Waals surface area contributed by atoms with Crippen LogP contribution in [0.4, 0.5) is 8.78 Å². The second-order valence-corrected chi connectivity index (χ2v) is 20.6. The molecule has 0 aliphatic rings. The van der Waals surface area contributed by atoms with Gasteiger partial charge in [0.25, 0.3) is 0 Å². The van der Waals surface area contributed by atoms with Crippen molar-refractivity contribution >= 4 is 33.5 Å². The predicted molar refractivity (Wildman–Crippen MR) is 312 cm³/mol. The number of ether oxygens (including phenoxy) is 2. The normalized spacial score (nSPS) is 11.2. The quantitative estimate of drug-likeness (QED) is 0.0598. The lowest BCUT2D eigenvalue weighted by molar-refractivity contribution is -0.142. The zero-order valence-corrected chi connectivity index (χ0v) is 44.1. The van der Waals surface area contributed by atoms with Gasteiger partial charge in [-0.2, -0.15) is 8.78 Å². The fourth-order valence-electron chi connectivity index (χ4n) is 10.3. The molecule has 386 valence electrons. The third kappa shape index (κ3) is 13.3. The Bertz CT molecular complexity index is 3800. The van der Waals surface area contributed by atoms with Crippen molar-refractivity contribution in [1.29, 1.82) is 0 Å². The highest BCUT2D eigenvalue weighted by Gasteiger charge is 2.17. The van der Waals surface area contributed by atoms with Gasteiger partial charge >= 0.3 is 11.9 Å². The van der Waals surface area contributed by atoms with Gasteiger partial charge in [-0.25, -0.2) is 9.59 Å². The van der Waals surface area contributed by atoms with E-state index >= 15 is 0 Å². The van der Waals surface area contributed by atoms with E-state index in [2.05, 4.69) is 185 Å². The van der Waals surface area contributed by atoms with Crippen molar-refractivity contribution in [3.05, 3.63) is 320 Å². The standard InChI is InChI=1S/C72H60F2O4/c1-47-6-34-68-64(35-47)31-32-65(42-60-21-19-56(20-22-60)38-52-9-13-54(14-10-52)40-58-25-29-62(30-26-58)46-78-72(76)50(4)74)70(68)69-44-63(43-66-36-48(2)5-33-67(66)69)41-59-17-15-55(16-18-59)37-51-7-11-53(12-8-51)39-57-23-27-61(28-24-57)45-77-71(75)49(3)73/h5-36,43-44H,3-4,37-42,45-46H2,1-2H3. The summed E-state index contributed by atoms with van der Waals surface area (Å²) in [5.41, 5.74) is 21.4. The number of aryl methyl sites for hydroxylation is 2. The molecule has 0 saturated carbocycles. The second kappa shape index (κ2) is 23.9. The molecule has 0 amide bonds. The Morgan fingerprint density at radius 2 is 0.667 bits per heavy atom. The molecule has 0 spiro atoms. The van der Waals surface area contributed by atoms with Gasteiger partial charge in [0.05, 0.1) is 0 Å². The number of hydrogen-bond donors (Lipinski definition) is 0. The minimum Gasteiger partial charge on any atom is -0.456 e. The van der Waals surface area contributed by atoms with E-state index in [-0.39, 0.29) is 13.2 Å². The van der Waals surface area contributed by atoms with Gasteiger partial charge in [0.1, 0.15) is 13.2 Å². The zero-order valence-electron chi connectivity index (χ0n) is 44.1. The highest BCUT2D eigenvalue weighted by Crippen LogP contribution is 2.40. The molecule has 4 nitrogen and oxygen atoms in total. The van der Waals surface area contributed by atoms with E-state index in [1.54, 1.807) is 0 Å². The Kier molecular flexibility index (Phi) is 16.1. The molecule has 0 radical (unpaired) electrons. The van der Waals surface area contributed by atoms with Crippen LogP contribution in [0.2, 0.25) is 0 Å². The van der Waals surface area contributed by atoms with Gasteiger partial charge in [0, 0.05) is 0 Å². The van der Waals surface area contributed by atoms with Crippen molar-refractivity contribution < 1.29 is 27.8 Å². The average Bonchev–Trinajstić information content (AvgIpc) is 3.47. The fourth-order valence-corrected chi connectivity index (χ4v) is 10.3. The van der Waals surface area contributed by atoms with Gasteiger partial charge in [-0.3, -0.25) is 0 Å². The van der Waals surface area contributed by atoms with Crippen LogP contribution in [0.1, 0.15) is 89.0 Å². The Hall–Kier alpha value is -9.00. The number of carbonyl (C=O) groups excluding carboxylic acids is 2. The van der Waals surface area contributed by atoms with E-state index in [0.29, 0.717) is 0 Å². The number of benzene rings is 10. The van der Waals surface area contributed by atoms with E-state index in [1.165, 1.54) is 99.4 Å². The summed E-state index contributed by atoms with van der Waals surface area (Å²) in [7, 11) is 0. The number of hydrogen-bond acceptors (Lipinski definition) is 4. The molecule has 6 heteroatoms. The summed E-state index contributed by atoms with van der Waals surface area (Å²) >= 11 is 0. The number of rotatable bonds is 19. The van der Waals surface area contributed by atoms with Crippen molar-refractivity contribution in [1.82, 2.24) is 0 Å². The Labute approximate surface area is 456 Å². The first-order chi connectivity index (χ1) is 37.8. The largest absolute Gasteiger partial charge is 0.456 e. The molecule has 0 unspecified atom stereocenters. The molecular weight excluding hydrogens is 967 g/mol. The Morgan fingerprint density at radius 3 is 1.04 bits per heavy atom. The number of halogens is 2. The molecule has 0 fully saturated rings. The highest BCUT2D eigenvalue weighted by atomic mass is 19.1. The molecule has 0 aliphatic heterocycles. The molecule has 10 aromatic rings. The maximum Gasteiger partial charge on any atom is 0.366 e. The van der Waals surface area contributed by atoms with Crippen LogP contribution in [0.5, 0.6) is 0 Å². The number of fused-ring (bicyclic) bond motifs is 2. The smallest absolute Gasteiger partial charge is 0.366 e. The number of esters is 2. The van der Waals surface area contributed by atoms with Crippen molar-refractivity contribution in [2.75, 3.05) is 0 Å². The van der Waals surface area contributed by atoms with Gasteiger partial charge in [-0.1, -0.05) is 231 Å². The van der Waals surface area contributed by atoms with Crippen LogP contribution in [0.15, 0.2) is 231 Å². The summed E-state index contributed by atoms with van der Waals surface area (Å²) in [5.74, 6) is -4.27. The topological polar surface area (TPSA) is 52.6 Å². The molecule has 0 atom stereocenters. The van der Waals surface area contributed by atoms with E-state index in [9.17, 15) is 18.4 Å². The molecule has 0 bridgehead atoms.